The Morgan fingerprint density at radius 3 is 2.62 bits per heavy atom. The van der Waals surface area contributed by atoms with Crippen molar-refractivity contribution in [3.05, 3.63) is 24.2 Å². The minimum atomic E-state index is -0.168. The van der Waals surface area contributed by atoms with Gasteiger partial charge in [0.1, 0.15) is 5.76 Å². The molecule has 0 spiro atoms. The number of amides is 1. The molecular formula is C17H28N2O2. The van der Waals surface area contributed by atoms with Crippen molar-refractivity contribution in [1.82, 2.24) is 10.6 Å². The predicted molar refractivity (Wildman–Crippen MR) is 83.8 cm³/mol. The number of carbonyl (C=O) groups is 1. The van der Waals surface area contributed by atoms with Crippen molar-refractivity contribution >= 4 is 5.91 Å². The Bertz CT molecular complexity index is 408. The first-order chi connectivity index (χ1) is 10.2. The number of carbonyl (C=O) groups excluding carboxylic acids is 1. The van der Waals surface area contributed by atoms with Crippen molar-refractivity contribution in [2.24, 2.45) is 5.92 Å². The average molecular weight is 292 g/mol. The smallest absolute Gasteiger partial charge is 0.237 e. The second kappa shape index (κ2) is 8.23. The molecule has 4 heteroatoms. The molecule has 2 N–H and O–H groups in total. The van der Waals surface area contributed by atoms with Gasteiger partial charge in [0.2, 0.25) is 5.91 Å². The molecule has 0 bridgehead atoms. The summed E-state index contributed by atoms with van der Waals surface area (Å²) < 4.78 is 5.22. The van der Waals surface area contributed by atoms with Crippen LogP contribution >= 0.6 is 0 Å². The van der Waals surface area contributed by atoms with E-state index in [2.05, 4.69) is 17.6 Å². The highest BCUT2D eigenvalue weighted by atomic mass is 16.3. The van der Waals surface area contributed by atoms with E-state index in [1.54, 1.807) is 6.26 Å². The molecule has 1 heterocycles. The molecule has 1 aromatic heterocycles. The van der Waals surface area contributed by atoms with E-state index in [9.17, 15) is 4.79 Å². The van der Waals surface area contributed by atoms with Gasteiger partial charge in [-0.2, -0.15) is 0 Å². The number of hydrogen-bond acceptors (Lipinski definition) is 3. The van der Waals surface area contributed by atoms with Gasteiger partial charge < -0.3 is 15.1 Å². The Labute approximate surface area is 127 Å². The van der Waals surface area contributed by atoms with Crippen molar-refractivity contribution in [3.8, 4) is 0 Å². The third-order valence-corrected chi connectivity index (χ3v) is 4.53. The van der Waals surface area contributed by atoms with Crippen molar-refractivity contribution < 1.29 is 9.21 Å². The van der Waals surface area contributed by atoms with Gasteiger partial charge in [0.15, 0.2) is 0 Å². The fourth-order valence-electron chi connectivity index (χ4n) is 3.16. The van der Waals surface area contributed by atoms with E-state index in [1.165, 1.54) is 38.5 Å². The van der Waals surface area contributed by atoms with Crippen molar-refractivity contribution in [2.45, 2.75) is 71.0 Å². The number of nitrogens with one attached hydrogen (secondary N) is 2. The SMILES string of the molecule is CC(N[C@H](C)C1CCCCCC1)C(=O)NCc1ccco1. The number of furan rings is 1. The zero-order valence-electron chi connectivity index (χ0n) is 13.2. The molecule has 0 aliphatic heterocycles. The monoisotopic (exact) mass is 292 g/mol. The van der Waals surface area contributed by atoms with Gasteiger partial charge >= 0.3 is 0 Å². The van der Waals surface area contributed by atoms with E-state index in [4.69, 9.17) is 4.42 Å². The number of hydrogen-bond donors (Lipinski definition) is 2. The fourth-order valence-corrected chi connectivity index (χ4v) is 3.16. The van der Waals surface area contributed by atoms with Crippen LogP contribution in [0.2, 0.25) is 0 Å². The van der Waals surface area contributed by atoms with Crippen LogP contribution in [0.3, 0.4) is 0 Å². The van der Waals surface area contributed by atoms with Gasteiger partial charge in [-0.05, 0) is 44.7 Å². The van der Waals surface area contributed by atoms with Crippen molar-refractivity contribution in [1.29, 1.82) is 0 Å². The van der Waals surface area contributed by atoms with Crippen LogP contribution in [-0.2, 0) is 11.3 Å². The fraction of sp³-hybridized carbons (Fsp3) is 0.706. The molecular weight excluding hydrogens is 264 g/mol. The first kappa shape index (κ1) is 16.1. The quantitative estimate of drug-likeness (QED) is 0.791. The summed E-state index contributed by atoms with van der Waals surface area (Å²) in [6.45, 7) is 4.60. The summed E-state index contributed by atoms with van der Waals surface area (Å²) in [5.74, 6) is 1.52. The highest BCUT2D eigenvalue weighted by molar-refractivity contribution is 5.81. The molecule has 2 rings (SSSR count). The maximum atomic E-state index is 12.1. The van der Waals surface area contributed by atoms with Gasteiger partial charge in [0.25, 0.3) is 0 Å². The van der Waals surface area contributed by atoms with E-state index in [0.29, 0.717) is 18.5 Å². The van der Waals surface area contributed by atoms with E-state index in [-0.39, 0.29) is 11.9 Å². The van der Waals surface area contributed by atoms with E-state index >= 15 is 0 Å². The zero-order chi connectivity index (χ0) is 15.1. The van der Waals surface area contributed by atoms with Crippen LogP contribution in [0.4, 0.5) is 0 Å². The van der Waals surface area contributed by atoms with Crippen molar-refractivity contribution in [3.63, 3.8) is 0 Å². The van der Waals surface area contributed by atoms with Crippen LogP contribution in [0.5, 0.6) is 0 Å². The summed E-state index contributed by atoms with van der Waals surface area (Å²) in [5.41, 5.74) is 0. The minimum Gasteiger partial charge on any atom is -0.467 e. The Morgan fingerprint density at radius 1 is 1.29 bits per heavy atom. The van der Waals surface area contributed by atoms with Gasteiger partial charge in [-0.15, -0.1) is 0 Å². The van der Waals surface area contributed by atoms with Crippen molar-refractivity contribution in [2.75, 3.05) is 0 Å². The molecule has 21 heavy (non-hydrogen) atoms. The molecule has 4 nitrogen and oxygen atoms in total. The summed E-state index contributed by atoms with van der Waals surface area (Å²) in [5, 5.41) is 6.37. The maximum absolute atomic E-state index is 12.1. The van der Waals surface area contributed by atoms with Gasteiger partial charge in [-0.3, -0.25) is 4.79 Å². The largest absolute Gasteiger partial charge is 0.467 e. The van der Waals surface area contributed by atoms with Gasteiger partial charge in [0, 0.05) is 6.04 Å². The first-order valence-electron chi connectivity index (χ1n) is 8.23. The van der Waals surface area contributed by atoms with E-state index in [0.717, 1.165) is 5.76 Å². The lowest BCUT2D eigenvalue weighted by Gasteiger charge is -2.26. The van der Waals surface area contributed by atoms with E-state index in [1.807, 2.05) is 19.1 Å². The highest BCUT2D eigenvalue weighted by Crippen LogP contribution is 2.25. The molecule has 1 fully saturated rings. The molecule has 1 aliphatic rings. The third kappa shape index (κ3) is 5.20. The van der Waals surface area contributed by atoms with Crippen LogP contribution in [0.25, 0.3) is 0 Å². The zero-order valence-corrected chi connectivity index (χ0v) is 13.2. The first-order valence-corrected chi connectivity index (χ1v) is 8.23. The van der Waals surface area contributed by atoms with Crippen LogP contribution in [-0.4, -0.2) is 18.0 Å². The Hall–Kier alpha value is -1.29. The lowest BCUT2D eigenvalue weighted by molar-refractivity contribution is -0.123. The minimum absolute atomic E-state index is 0.0341. The van der Waals surface area contributed by atoms with Gasteiger partial charge in [-0.1, -0.05) is 25.7 Å². The molecule has 0 aromatic carbocycles. The summed E-state index contributed by atoms with van der Waals surface area (Å²) in [4.78, 5) is 12.1. The lowest BCUT2D eigenvalue weighted by Crippen LogP contribution is -2.47. The highest BCUT2D eigenvalue weighted by Gasteiger charge is 2.22. The number of rotatable bonds is 6. The topological polar surface area (TPSA) is 54.3 Å². The molecule has 1 aliphatic carbocycles. The average Bonchev–Trinajstić information content (AvgIpc) is 2.84. The molecule has 2 atom stereocenters. The summed E-state index contributed by atoms with van der Waals surface area (Å²) in [7, 11) is 0. The van der Waals surface area contributed by atoms with Gasteiger partial charge in [-0.25, -0.2) is 0 Å². The van der Waals surface area contributed by atoms with Crippen LogP contribution in [0.1, 0.15) is 58.1 Å². The standard InChI is InChI=1S/C17H28N2O2/c1-13(15-8-5-3-4-6-9-15)19-14(2)17(20)18-12-16-10-7-11-21-16/h7,10-11,13-15,19H,3-6,8-9,12H2,1-2H3,(H,18,20)/t13-,14?/m1/s1. The molecule has 1 aromatic rings. The summed E-state index contributed by atoms with van der Waals surface area (Å²) in [6.07, 6.45) is 9.58. The molecule has 0 saturated heterocycles. The lowest BCUT2D eigenvalue weighted by atomic mass is 9.92. The van der Waals surface area contributed by atoms with E-state index < -0.39 is 0 Å². The molecule has 1 unspecified atom stereocenters. The second-order valence-corrected chi connectivity index (χ2v) is 6.23. The molecule has 118 valence electrons. The second-order valence-electron chi connectivity index (χ2n) is 6.23. The Kier molecular flexibility index (Phi) is 6.30. The van der Waals surface area contributed by atoms with Crippen LogP contribution in [0, 0.1) is 5.92 Å². The molecule has 1 saturated carbocycles. The summed E-state index contributed by atoms with van der Waals surface area (Å²) in [6, 6.07) is 3.93. The predicted octanol–water partition coefficient (Wildman–Crippen LogP) is 3.23. The molecule has 1 amide bonds. The Morgan fingerprint density at radius 2 is 2.00 bits per heavy atom. The maximum Gasteiger partial charge on any atom is 0.237 e. The third-order valence-electron chi connectivity index (χ3n) is 4.53. The molecule has 0 radical (unpaired) electrons. The van der Waals surface area contributed by atoms with Gasteiger partial charge in [0.05, 0.1) is 18.8 Å². The summed E-state index contributed by atoms with van der Waals surface area (Å²) >= 11 is 0. The van der Waals surface area contributed by atoms with Crippen LogP contribution < -0.4 is 10.6 Å². The normalized spacial score (nSPS) is 19.7. The Balaban J connectivity index is 1.73. The van der Waals surface area contributed by atoms with Crippen LogP contribution in [0.15, 0.2) is 22.8 Å².